The molecule has 0 aromatic carbocycles. The molecule has 0 amide bonds. The van der Waals surface area contributed by atoms with Crippen molar-refractivity contribution in [3.8, 4) is 0 Å². The standard InChI is InChI=1S/C15H28N4S/c1-11(2)8-16-9-14-13(4)17-18(5)15(14)19-6-7-20-10-12(19)3/h11-12,16H,6-10H2,1-5H3. The first-order valence-corrected chi connectivity index (χ1v) is 8.73. The number of rotatable bonds is 5. The Morgan fingerprint density at radius 2 is 2.20 bits per heavy atom. The van der Waals surface area contributed by atoms with Gasteiger partial charge in [-0.15, -0.1) is 0 Å². The minimum Gasteiger partial charge on any atom is -0.352 e. The van der Waals surface area contributed by atoms with Gasteiger partial charge in [-0.05, 0) is 26.3 Å². The summed E-state index contributed by atoms with van der Waals surface area (Å²) < 4.78 is 2.06. The Bertz CT molecular complexity index is 441. The van der Waals surface area contributed by atoms with Crippen molar-refractivity contribution in [3.63, 3.8) is 0 Å². The Morgan fingerprint density at radius 1 is 1.45 bits per heavy atom. The summed E-state index contributed by atoms with van der Waals surface area (Å²) in [7, 11) is 2.07. The van der Waals surface area contributed by atoms with Crippen LogP contribution in [0.2, 0.25) is 0 Å². The zero-order chi connectivity index (χ0) is 14.7. The van der Waals surface area contributed by atoms with Gasteiger partial charge in [-0.2, -0.15) is 16.9 Å². The molecule has 0 radical (unpaired) electrons. The van der Waals surface area contributed by atoms with Gasteiger partial charge in [-0.3, -0.25) is 4.68 Å². The highest BCUT2D eigenvalue weighted by atomic mass is 32.2. The largest absolute Gasteiger partial charge is 0.352 e. The van der Waals surface area contributed by atoms with Gasteiger partial charge in [0.1, 0.15) is 5.82 Å². The quantitative estimate of drug-likeness (QED) is 0.904. The molecule has 0 aliphatic carbocycles. The molecule has 0 saturated carbocycles. The lowest BCUT2D eigenvalue weighted by molar-refractivity contribution is 0.550. The maximum absolute atomic E-state index is 4.65. The van der Waals surface area contributed by atoms with Crippen molar-refractivity contribution in [1.82, 2.24) is 15.1 Å². The molecule has 4 nitrogen and oxygen atoms in total. The summed E-state index contributed by atoms with van der Waals surface area (Å²) in [5.74, 6) is 4.42. The van der Waals surface area contributed by atoms with Gasteiger partial charge in [0, 0.05) is 43.2 Å². The van der Waals surface area contributed by atoms with E-state index in [1.54, 1.807) is 0 Å². The first-order valence-electron chi connectivity index (χ1n) is 7.58. The van der Waals surface area contributed by atoms with Gasteiger partial charge in [0.2, 0.25) is 0 Å². The van der Waals surface area contributed by atoms with E-state index in [4.69, 9.17) is 0 Å². The second-order valence-corrected chi connectivity index (χ2v) is 7.30. The van der Waals surface area contributed by atoms with Crippen LogP contribution in [0, 0.1) is 12.8 Å². The highest BCUT2D eigenvalue weighted by molar-refractivity contribution is 7.99. The van der Waals surface area contributed by atoms with Crippen molar-refractivity contribution < 1.29 is 0 Å². The van der Waals surface area contributed by atoms with Crippen molar-refractivity contribution in [2.24, 2.45) is 13.0 Å². The molecule has 5 heteroatoms. The molecular weight excluding hydrogens is 268 g/mol. The van der Waals surface area contributed by atoms with Gasteiger partial charge in [0.05, 0.1) is 5.69 Å². The predicted molar refractivity (Wildman–Crippen MR) is 88.6 cm³/mol. The lowest BCUT2D eigenvalue weighted by Gasteiger charge is -2.35. The van der Waals surface area contributed by atoms with E-state index in [0.717, 1.165) is 25.3 Å². The predicted octanol–water partition coefficient (Wildman–Crippen LogP) is 2.42. The van der Waals surface area contributed by atoms with Crippen molar-refractivity contribution in [3.05, 3.63) is 11.3 Å². The number of nitrogens with zero attached hydrogens (tertiary/aromatic N) is 3. The molecule has 1 aromatic heterocycles. The van der Waals surface area contributed by atoms with Crippen LogP contribution < -0.4 is 10.2 Å². The average molecular weight is 296 g/mol. The zero-order valence-corrected chi connectivity index (χ0v) is 14.3. The molecule has 1 aliphatic rings. The summed E-state index contributed by atoms with van der Waals surface area (Å²) in [4.78, 5) is 2.53. The first-order chi connectivity index (χ1) is 9.50. The summed E-state index contributed by atoms with van der Waals surface area (Å²) in [5.41, 5.74) is 2.52. The zero-order valence-electron chi connectivity index (χ0n) is 13.4. The third-order valence-corrected chi connectivity index (χ3v) is 5.00. The van der Waals surface area contributed by atoms with E-state index in [0.29, 0.717) is 12.0 Å². The SMILES string of the molecule is Cc1nn(C)c(N2CCSCC2C)c1CNCC(C)C. The van der Waals surface area contributed by atoms with Crippen molar-refractivity contribution >= 4 is 17.6 Å². The number of hydrogen-bond donors (Lipinski definition) is 1. The van der Waals surface area contributed by atoms with Gasteiger partial charge in [0.25, 0.3) is 0 Å². The van der Waals surface area contributed by atoms with Gasteiger partial charge >= 0.3 is 0 Å². The number of aryl methyl sites for hydroxylation is 2. The smallest absolute Gasteiger partial charge is 0.131 e. The Hall–Kier alpha value is -0.680. The van der Waals surface area contributed by atoms with Gasteiger partial charge < -0.3 is 10.2 Å². The number of aromatic nitrogens is 2. The molecule has 1 N–H and O–H groups in total. The second-order valence-electron chi connectivity index (χ2n) is 6.15. The van der Waals surface area contributed by atoms with E-state index in [-0.39, 0.29) is 0 Å². The Morgan fingerprint density at radius 3 is 2.85 bits per heavy atom. The average Bonchev–Trinajstić information content (AvgIpc) is 2.65. The lowest BCUT2D eigenvalue weighted by Crippen LogP contribution is -2.42. The Labute approximate surface area is 127 Å². The van der Waals surface area contributed by atoms with Crippen LogP contribution in [-0.2, 0) is 13.6 Å². The summed E-state index contributed by atoms with van der Waals surface area (Å²) in [6, 6.07) is 0.590. The third-order valence-electron chi connectivity index (χ3n) is 3.81. The molecule has 1 aromatic rings. The highest BCUT2D eigenvalue weighted by Crippen LogP contribution is 2.28. The maximum atomic E-state index is 4.65. The van der Waals surface area contributed by atoms with Crippen LogP contribution in [0.5, 0.6) is 0 Å². The van der Waals surface area contributed by atoms with E-state index < -0.39 is 0 Å². The number of thioether (sulfide) groups is 1. The normalized spacial score (nSPS) is 19.9. The van der Waals surface area contributed by atoms with Crippen molar-refractivity contribution in [2.75, 3.05) is 29.5 Å². The summed E-state index contributed by atoms with van der Waals surface area (Å²) in [6.45, 7) is 12.0. The third kappa shape index (κ3) is 3.50. The minimum atomic E-state index is 0.590. The Kier molecular flexibility index (Phi) is 5.38. The number of anilines is 1. The molecule has 1 atom stereocenters. The van der Waals surface area contributed by atoms with Gasteiger partial charge in [-0.25, -0.2) is 0 Å². The van der Waals surface area contributed by atoms with Gasteiger partial charge in [0.15, 0.2) is 0 Å². The molecule has 1 aliphatic heterocycles. The van der Waals surface area contributed by atoms with Crippen LogP contribution in [0.15, 0.2) is 0 Å². The molecule has 1 saturated heterocycles. The van der Waals surface area contributed by atoms with E-state index in [1.165, 1.54) is 22.9 Å². The fraction of sp³-hybridized carbons (Fsp3) is 0.800. The molecule has 20 heavy (non-hydrogen) atoms. The molecule has 1 fully saturated rings. The van der Waals surface area contributed by atoms with Crippen LogP contribution in [0.3, 0.4) is 0 Å². The van der Waals surface area contributed by atoms with Crippen LogP contribution in [-0.4, -0.2) is 40.4 Å². The summed E-state index contributed by atoms with van der Waals surface area (Å²) in [5, 5.41) is 8.21. The molecular formula is C15H28N4S. The molecule has 114 valence electrons. The van der Waals surface area contributed by atoms with Crippen molar-refractivity contribution in [2.45, 2.75) is 40.3 Å². The molecule has 2 heterocycles. The van der Waals surface area contributed by atoms with E-state index in [2.05, 4.69) is 66.5 Å². The molecule has 1 unspecified atom stereocenters. The van der Waals surface area contributed by atoms with E-state index in [9.17, 15) is 0 Å². The van der Waals surface area contributed by atoms with Gasteiger partial charge in [-0.1, -0.05) is 13.8 Å². The van der Waals surface area contributed by atoms with Crippen LogP contribution in [0.25, 0.3) is 0 Å². The lowest BCUT2D eigenvalue weighted by atomic mass is 10.1. The number of hydrogen-bond acceptors (Lipinski definition) is 4. The van der Waals surface area contributed by atoms with E-state index in [1.807, 2.05) is 0 Å². The maximum Gasteiger partial charge on any atom is 0.131 e. The summed E-state index contributed by atoms with van der Waals surface area (Å²) in [6.07, 6.45) is 0. The molecule has 2 rings (SSSR count). The second kappa shape index (κ2) is 6.85. The fourth-order valence-electron chi connectivity index (χ4n) is 2.78. The first kappa shape index (κ1) is 15.7. The number of nitrogens with one attached hydrogen (secondary N) is 1. The fourth-order valence-corrected chi connectivity index (χ4v) is 3.80. The molecule has 0 bridgehead atoms. The van der Waals surface area contributed by atoms with Crippen LogP contribution in [0.4, 0.5) is 5.82 Å². The topological polar surface area (TPSA) is 33.1 Å². The van der Waals surface area contributed by atoms with E-state index >= 15 is 0 Å². The Balaban J connectivity index is 2.18. The minimum absolute atomic E-state index is 0.590. The van der Waals surface area contributed by atoms with Crippen molar-refractivity contribution in [1.29, 1.82) is 0 Å². The monoisotopic (exact) mass is 296 g/mol. The summed E-state index contributed by atoms with van der Waals surface area (Å²) >= 11 is 2.05. The van der Waals surface area contributed by atoms with Crippen LogP contribution >= 0.6 is 11.8 Å². The highest BCUT2D eigenvalue weighted by Gasteiger charge is 2.25. The van der Waals surface area contributed by atoms with Crippen LogP contribution in [0.1, 0.15) is 32.0 Å². The molecule has 0 spiro atoms.